The van der Waals surface area contributed by atoms with Crippen molar-refractivity contribution < 1.29 is 9.47 Å². The van der Waals surface area contributed by atoms with Gasteiger partial charge < -0.3 is 15.2 Å². The van der Waals surface area contributed by atoms with Gasteiger partial charge in [0.1, 0.15) is 5.75 Å². The van der Waals surface area contributed by atoms with Gasteiger partial charge in [0.15, 0.2) is 0 Å². The van der Waals surface area contributed by atoms with Crippen molar-refractivity contribution in [1.29, 1.82) is 0 Å². The molecule has 0 aliphatic heterocycles. The van der Waals surface area contributed by atoms with E-state index in [4.69, 9.17) is 26.8 Å². The van der Waals surface area contributed by atoms with Gasteiger partial charge in [0.05, 0.1) is 19.8 Å². The molecule has 20 heavy (non-hydrogen) atoms. The van der Waals surface area contributed by atoms with Gasteiger partial charge in [-0.25, -0.2) is 0 Å². The zero-order chi connectivity index (χ0) is 14.2. The molecule has 0 saturated carbocycles. The van der Waals surface area contributed by atoms with Crippen molar-refractivity contribution >= 4 is 17.3 Å². The van der Waals surface area contributed by atoms with Gasteiger partial charge in [-0.1, -0.05) is 29.8 Å². The maximum Gasteiger partial charge on any atom is 0.119 e. The van der Waals surface area contributed by atoms with Gasteiger partial charge in [0.2, 0.25) is 0 Å². The SMILES string of the molecule is Nc1ccc(OCCCOCc2ccccc2Cl)cc1. The Hall–Kier alpha value is -1.71. The molecule has 2 N–H and O–H groups in total. The fraction of sp³-hybridized carbons (Fsp3) is 0.250. The predicted molar refractivity (Wildman–Crippen MR) is 82.1 cm³/mol. The molecular weight excluding hydrogens is 274 g/mol. The van der Waals surface area contributed by atoms with Crippen molar-refractivity contribution in [3.63, 3.8) is 0 Å². The molecule has 0 amide bonds. The minimum atomic E-state index is 0.529. The molecule has 0 bridgehead atoms. The summed E-state index contributed by atoms with van der Waals surface area (Å²) in [7, 11) is 0. The van der Waals surface area contributed by atoms with E-state index in [9.17, 15) is 0 Å². The summed E-state index contributed by atoms with van der Waals surface area (Å²) in [4.78, 5) is 0. The van der Waals surface area contributed by atoms with Crippen molar-refractivity contribution in [1.82, 2.24) is 0 Å². The van der Waals surface area contributed by atoms with Crippen LogP contribution in [0.1, 0.15) is 12.0 Å². The van der Waals surface area contributed by atoms with Crippen molar-refractivity contribution in [2.75, 3.05) is 18.9 Å². The molecular formula is C16H18ClNO2. The summed E-state index contributed by atoms with van der Waals surface area (Å²) in [5.41, 5.74) is 7.35. The van der Waals surface area contributed by atoms with Crippen molar-refractivity contribution in [2.24, 2.45) is 0 Å². The topological polar surface area (TPSA) is 44.5 Å². The number of hydrogen-bond donors (Lipinski definition) is 1. The minimum absolute atomic E-state index is 0.529. The van der Waals surface area contributed by atoms with Crippen molar-refractivity contribution in [3.8, 4) is 5.75 Å². The van der Waals surface area contributed by atoms with Gasteiger partial charge >= 0.3 is 0 Å². The summed E-state index contributed by atoms with van der Waals surface area (Å²) < 4.78 is 11.1. The Labute approximate surface area is 124 Å². The first kappa shape index (κ1) is 14.7. The van der Waals surface area contributed by atoms with E-state index in [2.05, 4.69) is 0 Å². The maximum absolute atomic E-state index is 6.04. The summed E-state index contributed by atoms with van der Waals surface area (Å²) in [5, 5.41) is 0.741. The largest absolute Gasteiger partial charge is 0.494 e. The second kappa shape index (κ2) is 7.78. The molecule has 3 nitrogen and oxygen atoms in total. The van der Waals surface area contributed by atoms with Gasteiger partial charge in [-0.15, -0.1) is 0 Å². The second-order valence-corrected chi connectivity index (χ2v) is 4.82. The fourth-order valence-corrected chi connectivity index (χ4v) is 1.90. The molecule has 0 aromatic heterocycles. The van der Waals surface area contributed by atoms with E-state index in [1.165, 1.54) is 0 Å². The zero-order valence-corrected chi connectivity index (χ0v) is 12.0. The van der Waals surface area contributed by atoms with Gasteiger partial charge in [0, 0.05) is 17.1 Å². The fourth-order valence-electron chi connectivity index (χ4n) is 1.71. The van der Waals surface area contributed by atoms with E-state index < -0.39 is 0 Å². The first-order valence-corrected chi connectivity index (χ1v) is 6.93. The summed E-state index contributed by atoms with van der Waals surface area (Å²) in [5.74, 6) is 0.824. The van der Waals surface area contributed by atoms with Gasteiger partial charge in [0.25, 0.3) is 0 Å². The predicted octanol–water partition coefficient (Wildman–Crippen LogP) is 3.91. The standard InChI is InChI=1S/C16H18ClNO2/c17-16-5-2-1-4-13(16)12-19-10-3-11-20-15-8-6-14(18)7-9-15/h1-2,4-9H,3,10-12,18H2. The molecule has 0 saturated heterocycles. The molecule has 4 heteroatoms. The van der Waals surface area contributed by atoms with Crippen LogP contribution in [-0.2, 0) is 11.3 Å². The Morgan fingerprint density at radius 1 is 0.950 bits per heavy atom. The number of halogens is 1. The molecule has 106 valence electrons. The highest BCUT2D eigenvalue weighted by atomic mass is 35.5. The molecule has 0 atom stereocenters. The van der Waals surface area contributed by atoms with Crippen LogP contribution < -0.4 is 10.5 Å². The van der Waals surface area contributed by atoms with Gasteiger partial charge in [-0.3, -0.25) is 0 Å². The van der Waals surface area contributed by atoms with Crippen molar-refractivity contribution in [3.05, 3.63) is 59.1 Å². The molecule has 0 spiro atoms. The Balaban J connectivity index is 1.60. The third-order valence-corrected chi connectivity index (χ3v) is 3.17. The summed E-state index contributed by atoms with van der Waals surface area (Å²) in [6.07, 6.45) is 0.828. The highest BCUT2D eigenvalue weighted by Gasteiger charge is 1.99. The van der Waals surface area contributed by atoms with Crippen LogP contribution >= 0.6 is 11.6 Å². The molecule has 0 aliphatic carbocycles. The first-order chi connectivity index (χ1) is 9.75. The molecule has 0 heterocycles. The highest BCUT2D eigenvalue weighted by Crippen LogP contribution is 2.16. The summed E-state index contributed by atoms with van der Waals surface area (Å²) in [6, 6.07) is 15.1. The molecule has 0 aliphatic rings. The van der Waals surface area contributed by atoms with E-state index in [1.54, 1.807) is 0 Å². The number of anilines is 1. The monoisotopic (exact) mass is 291 g/mol. The number of nitrogens with two attached hydrogens (primary N) is 1. The van der Waals surface area contributed by atoms with Crippen LogP contribution in [-0.4, -0.2) is 13.2 Å². The van der Waals surface area contributed by atoms with E-state index >= 15 is 0 Å². The minimum Gasteiger partial charge on any atom is -0.494 e. The molecule has 2 aromatic rings. The van der Waals surface area contributed by atoms with Crippen molar-refractivity contribution in [2.45, 2.75) is 13.0 Å². The lowest BCUT2D eigenvalue weighted by Crippen LogP contribution is -2.03. The van der Waals surface area contributed by atoms with Gasteiger partial charge in [-0.2, -0.15) is 0 Å². The quantitative estimate of drug-likeness (QED) is 0.621. The smallest absolute Gasteiger partial charge is 0.119 e. The lowest BCUT2D eigenvalue weighted by atomic mass is 10.2. The molecule has 0 radical (unpaired) electrons. The second-order valence-electron chi connectivity index (χ2n) is 4.42. The van der Waals surface area contributed by atoms with Crippen LogP contribution in [0.4, 0.5) is 5.69 Å². The Morgan fingerprint density at radius 2 is 1.70 bits per heavy atom. The zero-order valence-electron chi connectivity index (χ0n) is 11.2. The van der Waals surface area contributed by atoms with E-state index in [0.29, 0.717) is 19.8 Å². The van der Waals surface area contributed by atoms with Crippen LogP contribution in [0.2, 0.25) is 5.02 Å². The number of rotatable bonds is 7. The number of hydrogen-bond acceptors (Lipinski definition) is 3. The normalized spacial score (nSPS) is 10.4. The van der Waals surface area contributed by atoms with Crippen LogP contribution in [0, 0.1) is 0 Å². The first-order valence-electron chi connectivity index (χ1n) is 6.55. The number of benzene rings is 2. The van der Waals surface area contributed by atoms with Crippen LogP contribution in [0.5, 0.6) is 5.75 Å². The van der Waals surface area contributed by atoms with Gasteiger partial charge in [-0.05, 0) is 35.9 Å². The Morgan fingerprint density at radius 3 is 2.45 bits per heavy atom. The lowest BCUT2D eigenvalue weighted by Gasteiger charge is -2.08. The average molecular weight is 292 g/mol. The molecule has 0 unspecified atom stereocenters. The molecule has 2 aromatic carbocycles. The van der Waals surface area contributed by atoms with E-state index in [0.717, 1.165) is 28.4 Å². The molecule has 0 fully saturated rings. The Bertz CT molecular complexity index is 528. The third kappa shape index (κ3) is 4.76. The van der Waals surface area contributed by atoms with Crippen LogP contribution in [0.15, 0.2) is 48.5 Å². The van der Waals surface area contributed by atoms with E-state index in [-0.39, 0.29) is 0 Å². The number of nitrogen functional groups attached to an aromatic ring is 1. The Kier molecular flexibility index (Phi) is 5.71. The van der Waals surface area contributed by atoms with E-state index in [1.807, 2.05) is 48.5 Å². The maximum atomic E-state index is 6.04. The summed E-state index contributed by atoms with van der Waals surface area (Å²) in [6.45, 7) is 1.79. The number of ether oxygens (including phenoxy) is 2. The summed E-state index contributed by atoms with van der Waals surface area (Å²) >= 11 is 6.04. The lowest BCUT2D eigenvalue weighted by molar-refractivity contribution is 0.107. The third-order valence-electron chi connectivity index (χ3n) is 2.80. The average Bonchev–Trinajstić information content (AvgIpc) is 2.46. The molecule has 2 rings (SSSR count). The highest BCUT2D eigenvalue weighted by molar-refractivity contribution is 6.31. The van der Waals surface area contributed by atoms with Crippen LogP contribution in [0.25, 0.3) is 0 Å². The van der Waals surface area contributed by atoms with Crippen LogP contribution in [0.3, 0.4) is 0 Å².